The number of nitrogens with one attached hydrogen (secondary N) is 1. The molecular weight excluding hydrogens is 206 g/mol. The van der Waals surface area contributed by atoms with Gasteiger partial charge in [-0.1, -0.05) is 18.2 Å². The van der Waals surface area contributed by atoms with Gasteiger partial charge >= 0.3 is 0 Å². The van der Waals surface area contributed by atoms with Gasteiger partial charge in [0.1, 0.15) is 0 Å². The average Bonchev–Trinajstić information content (AvgIpc) is 2.32. The van der Waals surface area contributed by atoms with E-state index in [9.17, 15) is 0 Å². The maximum Gasteiger partial charge on any atom is 0.187 e. The van der Waals surface area contributed by atoms with Crippen LogP contribution in [-0.4, -0.2) is 28.3 Å². The molecule has 1 N–H and O–H groups in total. The molecule has 1 aromatic heterocycles. The molecule has 1 aliphatic rings. The minimum atomic E-state index is 0.718. The highest BCUT2D eigenvalue weighted by Crippen LogP contribution is 2.16. The molecule has 4 heteroatoms. The van der Waals surface area contributed by atoms with Crippen LogP contribution in [0.3, 0.4) is 0 Å². The second kappa shape index (κ2) is 6.08. The van der Waals surface area contributed by atoms with Crippen LogP contribution in [0.4, 0.5) is 0 Å². The molecule has 1 fully saturated rings. The van der Waals surface area contributed by atoms with E-state index in [2.05, 4.69) is 15.3 Å². The van der Waals surface area contributed by atoms with Crippen molar-refractivity contribution in [1.82, 2.24) is 15.3 Å². The third-order valence-corrected chi connectivity index (χ3v) is 3.56. The molecule has 1 aliphatic heterocycles. The zero-order chi connectivity index (χ0) is 10.3. The first-order valence-electron chi connectivity index (χ1n) is 5.58. The van der Waals surface area contributed by atoms with Gasteiger partial charge in [0.2, 0.25) is 0 Å². The molecular formula is C11H17N3S. The number of hydrogen-bond donors (Lipinski definition) is 1. The number of rotatable bonds is 4. The lowest BCUT2D eigenvalue weighted by atomic mass is 10.0. The highest BCUT2D eigenvalue weighted by molar-refractivity contribution is 7.99. The number of aromatic nitrogens is 2. The van der Waals surface area contributed by atoms with Crippen molar-refractivity contribution in [2.45, 2.75) is 36.9 Å². The van der Waals surface area contributed by atoms with E-state index >= 15 is 0 Å². The Morgan fingerprint density at radius 2 is 2.20 bits per heavy atom. The summed E-state index contributed by atoms with van der Waals surface area (Å²) in [7, 11) is 0. The first kappa shape index (κ1) is 10.9. The summed E-state index contributed by atoms with van der Waals surface area (Å²) in [5.74, 6) is 1.11. The Hall–Kier alpha value is -0.610. The van der Waals surface area contributed by atoms with Gasteiger partial charge in [-0.05, 0) is 31.9 Å². The summed E-state index contributed by atoms with van der Waals surface area (Å²) < 4.78 is 0. The van der Waals surface area contributed by atoms with E-state index in [4.69, 9.17) is 0 Å². The van der Waals surface area contributed by atoms with Crippen molar-refractivity contribution in [3.63, 3.8) is 0 Å². The molecule has 1 unspecified atom stereocenters. The van der Waals surface area contributed by atoms with Crippen LogP contribution in [0.15, 0.2) is 23.6 Å². The normalized spacial score (nSPS) is 21.5. The van der Waals surface area contributed by atoms with Crippen LogP contribution in [-0.2, 0) is 0 Å². The van der Waals surface area contributed by atoms with Gasteiger partial charge in [-0.25, -0.2) is 9.97 Å². The van der Waals surface area contributed by atoms with Gasteiger partial charge in [0.05, 0.1) is 0 Å². The van der Waals surface area contributed by atoms with Gasteiger partial charge in [-0.2, -0.15) is 0 Å². The maximum atomic E-state index is 4.19. The fourth-order valence-electron chi connectivity index (χ4n) is 1.82. The molecule has 0 radical (unpaired) electrons. The van der Waals surface area contributed by atoms with Crippen molar-refractivity contribution in [2.24, 2.45) is 0 Å². The first-order valence-corrected chi connectivity index (χ1v) is 6.57. The summed E-state index contributed by atoms with van der Waals surface area (Å²) in [6.07, 6.45) is 8.87. The molecule has 2 rings (SSSR count). The molecule has 0 aliphatic carbocycles. The van der Waals surface area contributed by atoms with E-state index in [1.54, 1.807) is 24.2 Å². The SMILES string of the molecule is c1cnc(SCCC2CCCCN2)nc1. The summed E-state index contributed by atoms with van der Waals surface area (Å²) in [5, 5.41) is 4.45. The summed E-state index contributed by atoms with van der Waals surface area (Å²) in [5.41, 5.74) is 0. The molecule has 3 nitrogen and oxygen atoms in total. The second-order valence-electron chi connectivity index (χ2n) is 3.82. The van der Waals surface area contributed by atoms with Gasteiger partial charge in [-0.3, -0.25) is 0 Å². The molecule has 0 saturated carbocycles. The van der Waals surface area contributed by atoms with Crippen LogP contribution in [0.2, 0.25) is 0 Å². The lowest BCUT2D eigenvalue weighted by molar-refractivity contribution is 0.394. The van der Waals surface area contributed by atoms with Crippen LogP contribution in [0.25, 0.3) is 0 Å². The standard InChI is InChI=1S/C11H17N3S/c1-2-6-12-10(4-1)5-9-15-11-13-7-3-8-14-11/h3,7-8,10,12H,1-2,4-6,9H2. The Kier molecular flexibility index (Phi) is 4.41. The van der Waals surface area contributed by atoms with Crippen molar-refractivity contribution in [3.05, 3.63) is 18.5 Å². The van der Waals surface area contributed by atoms with E-state index in [1.807, 2.05) is 6.07 Å². The van der Waals surface area contributed by atoms with E-state index in [0.717, 1.165) is 17.0 Å². The van der Waals surface area contributed by atoms with Crippen LogP contribution >= 0.6 is 11.8 Å². The van der Waals surface area contributed by atoms with Crippen molar-refractivity contribution in [2.75, 3.05) is 12.3 Å². The Labute approximate surface area is 95.1 Å². The topological polar surface area (TPSA) is 37.8 Å². The fraction of sp³-hybridized carbons (Fsp3) is 0.636. The molecule has 1 atom stereocenters. The van der Waals surface area contributed by atoms with Crippen LogP contribution in [0, 0.1) is 0 Å². The third kappa shape index (κ3) is 3.80. The lowest BCUT2D eigenvalue weighted by Gasteiger charge is -2.22. The zero-order valence-corrected chi connectivity index (χ0v) is 9.67. The summed E-state index contributed by atoms with van der Waals surface area (Å²) >= 11 is 1.75. The quantitative estimate of drug-likeness (QED) is 0.626. The molecule has 1 aromatic rings. The van der Waals surface area contributed by atoms with Crippen molar-refractivity contribution < 1.29 is 0 Å². The first-order chi connectivity index (χ1) is 7.45. The summed E-state index contributed by atoms with van der Waals surface area (Å²) in [6.45, 7) is 1.19. The van der Waals surface area contributed by atoms with E-state index in [-0.39, 0.29) is 0 Å². The van der Waals surface area contributed by atoms with E-state index in [0.29, 0.717) is 0 Å². The smallest absolute Gasteiger partial charge is 0.187 e. The number of nitrogens with zero attached hydrogens (tertiary/aromatic N) is 2. The van der Waals surface area contributed by atoms with Crippen molar-refractivity contribution in [3.8, 4) is 0 Å². The van der Waals surface area contributed by atoms with Gasteiger partial charge < -0.3 is 5.32 Å². The van der Waals surface area contributed by atoms with Crippen molar-refractivity contribution in [1.29, 1.82) is 0 Å². The van der Waals surface area contributed by atoms with Gasteiger partial charge in [0.25, 0.3) is 0 Å². The van der Waals surface area contributed by atoms with Gasteiger partial charge in [-0.15, -0.1) is 0 Å². The molecule has 15 heavy (non-hydrogen) atoms. The highest BCUT2D eigenvalue weighted by atomic mass is 32.2. The van der Waals surface area contributed by atoms with Crippen molar-refractivity contribution >= 4 is 11.8 Å². The fourth-order valence-corrected chi connectivity index (χ4v) is 2.68. The molecule has 2 heterocycles. The minimum Gasteiger partial charge on any atom is -0.314 e. The second-order valence-corrected chi connectivity index (χ2v) is 4.88. The molecule has 0 amide bonds. The Balaban J connectivity index is 1.66. The summed E-state index contributed by atoms with van der Waals surface area (Å²) in [6, 6.07) is 2.57. The number of hydrogen-bond acceptors (Lipinski definition) is 4. The van der Waals surface area contributed by atoms with Crippen LogP contribution < -0.4 is 5.32 Å². The Bertz CT molecular complexity index is 272. The zero-order valence-electron chi connectivity index (χ0n) is 8.85. The van der Waals surface area contributed by atoms with Gasteiger partial charge in [0.15, 0.2) is 5.16 Å². The largest absolute Gasteiger partial charge is 0.314 e. The van der Waals surface area contributed by atoms with Crippen LogP contribution in [0.5, 0.6) is 0 Å². The molecule has 1 saturated heterocycles. The predicted molar refractivity (Wildman–Crippen MR) is 63.0 cm³/mol. The van der Waals surface area contributed by atoms with Crippen LogP contribution in [0.1, 0.15) is 25.7 Å². The Morgan fingerprint density at radius 1 is 1.33 bits per heavy atom. The molecule has 0 spiro atoms. The average molecular weight is 223 g/mol. The van der Waals surface area contributed by atoms with E-state index in [1.165, 1.54) is 32.2 Å². The summed E-state index contributed by atoms with van der Waals surface area (Å²) in [4.78, 5) is 8.39. The lowest BCUT2D eigenvalue weighted by Crippen LogP contribution is -2.34. The van der Waals surface area contributed by atoms with Gasteiger partial charge in [0, 0.05) is 24.2 Å². The monoisotopic (exact) mass is 223 g/mol. The Morgan fingerprint density at radius 3 is 2.93 bits per heavy atom. The predicted octanol–water partition coefficient (Wildman–Crippen LogP) is 2.10. The number of piperidine rings is 1. The molecule has 82 valence electrons. The van der Waals surface area contributed by atoms with E-state index < -0.39 is 0 Å². The minimum absolute atomic E-state index is 0.718. The maximum absolute atomic E-state index is 4.19. The molecule has 0 aromatic carbocycles. The number of thioether (sulfide) groups is 1. The highest BCUT2D eigenvalue weighted by Gasteiger charge is 2.11. The third-order valence-electron chi connectivity index (χ3n) is 2.65. The molecule has 0 bridgehead atoms.